The second kappa shape index (κ2) is 9.12. The highest BCUT2D eigenvalue weighted by atomic mass is 35.5. The van der Waals surface area contributed by atoms with Crippen LogP contribution in [0.4, 0.5) is 10.8 Å². The summed E-state index contributed by atoms with van der Waals surface area (Å²) in [6.07, 6.45) is 1.73. The first-order valence-electron chi connectivity index (χ1n) is 7.98. The average Bonchev–Trinajstić information content (AvgIpc) is 3.02. The van der Waals surface area contributed by atoms with Crippen molar-refractivity contribution in [2.75, 3.05) is 11.4 Å². The monoisotopic (exact) mass is 408 g/mol. The van der Waals surface area contributed by atoms with Gasteiger partial charge < -0.3 is 10.6 Å². The SMILES string of the molecule is C=CCNC(=S)NCc1csc(N(C(C)=O)c2c(C)cc(C)cc2Cl)n1. The Balaban J connectivity index is 2.22. The Kier molecular flexibility index (Phi) is 7.14. The highest BCUT2D eigenvalue weighted by Gasteiger charge is 2.22. The predicted octanol–water partition coefficient (Wildman–Crippen LogP) is 4.25. The second-order valence-electron chi connectivity index (χ2n) is 5.74. The van der Waals surface area contributed by atoms with Crippen LogP contribution in [-0.2, 0) is 11.3 Å². The van der Waals surface area contributed by atoms with Gasteiger partial charge in [-0.3, -0.25) is 9.69 Å². The van der Waals surface area contributed by atoms with E-state index in [1.165, 1.54) is 18.3 Å². The van der Waals surface area contributed by atoms with Crippen LogP contribution in [-0.4, -0.2) is 22.5 Å². The number of aryl methyl sites for hydroxylation is 2. The average molecular weight is 409 g/mol. The van der Waals surface area contributed by atoms with E-state index in [2.05, 4.69) is 22.2 Å². The van der Waals surface area contributed by atoms with Crippen molar-refractivity contribution in [1.82, 2.24) is 15.6 Å². The summed E-state index contributed by atoms with van der Waals surface area (Å²) in [6.45, 7) is 10.1. The van der Waals surface area contributed by atoms with Crippen LogP contribution >= 0.6 is 35.2 Å². The van der Waals surface area contributed by atoms with Crippen molar-refractivity contribution >= 4 is 57.0 Å². The number of amides is 1. The van der Waals surface area contributed by atoms with Crippen LogP contribution in [0.2, 0.25) is 5.02 Å². The van der Waals surface area contributed by atoms with Crippen LogP contribution in [0.1, 0.15) is 23.7 Å². The molecule has 0 unspecified atom stereocenters. The molecular formula is C18H21ClN4OS2. The first-order valence-corrected chi connectivity index (χ1v) is 9.64. The van der Waals surface area contributed by atoms with Crippen LogP contribution in [0.25, 0.3) is 0 Å². The van der Waals surface area contributed by atoms with Crippen molar-refractivity contribution in [3.05, 3.63) is 52.0 Å². The van der Waals surface area contributed by atoms with E-state index in [4.69, 9.17) is 23.8 Å². The van der Waals surface area contributed by atoms with Gasteiger partial charge >= 0.3 is 0 Å². The number of thiocarbonyl (C=S) groups is 1. The number of hydrogen-bond acceptors (Lipinski definition) is 4. The zero-order valence-electron chi connectivity index (χ0n) is 14.9. The first-order chi connectivity index (χ1) is 12.3. The molecule has 138 valence electrons. The standard InChI is InChI=1S/C18H21ClN4OS2/c1-5-6-20-17(25)21-9-14-10-26-18(22-14)23(13(4)24)16-12(3)7-11(2)8-15(16)19/h5,7-8,10H,1,6,9H2,2-4H3,(H2,20,21,25). The zero-order chi connectivity index (χ0) is 19.3. The third kappa shape index (κ3) is 5.03. The molecule has 0 saturated carbocycles. The zero-order valence-corrected chi connectivity index (χ0v) is 17.3. The van der Waals surface area contributed by atoms with E-state index in [9.17, 15) is 4.79 Å². The van der Waals surface area contributed by atoms with Crippen molar-refractivity contribution in [2.45, 2.75) is 27.3 Å². The summed E-state index contributed by atoms with van der Waals surface area (Å²) in [7, 11) is 0. The molecule has 0 aliphatic heterocycles. The van der Waals surface area contributed by atoms with Gasteiger partial charge in [-0.1, -0.05) is 23.7 Å². The molecule has 2 aromatic rings. The largest absolute Gasteiger partial charge is 0.359 e. The molecule has 2 N–H and O–H groups in total. The number of hydrogen-bond donors (Lipinski definition) is 2. The van der Waals surface area contributed by atoms with Gasteiger partial charge in [0.2, 0.25) is 5.91 Å². The van der Waals surface area contributed by atoms with Crippen LogP contribution < -0.4 is 15.5 Å². The van der Waals surface area contributed by atoms with Gasteiger partial charge in [0.25, 0.3) is 0 Å². The molecule has 0 saturated heterocycles. The lowest BCUT2D eigenvalue weighted by Crippen LogP contribution is -2.34. The molecule has 0 bridgehead atoms. The number of carbonyl (C=O) groups excluding carboxylic acids is 1. The summed E-state index contributed by atoms with van der Waals surface area (Å²) in [4.78, 5) is 18.4. The number of rotatable bonds is 6. The summed E-state index contributed by atoms with van der Waals surface area (Å²) >= 11 is 13.0. The molecular weight excluding hydrogens is 388 g/mol. The predicted molar refractivity (Wildman–Crippen MR) is 113 cm³/mol. The van der Waals surface area contributed by atoms with E-state index >= 15 is 0 Å². The van der Waals surface area contributed by atoms with Gasteiger partial charge in [0.05, 0.1) is 22.9 Å². The highest BCUT2D eigenvalue weighted by Crippen LogP contribution is 2.37. The van der Waals surface area contributed by atoms with Gasteiger partial charge in [0.1, 0.15) is 0 Å². The molecule has 0 fully saturated rings. The topological polar surface area (TPSA) is 57.3 Å². The second-order valence-corrected chi connectivity index (χ2v) is 7.39. The fourth-order valence-corrected chi connectivity index (χ4v) is 3.89. The van der Waals surface area contributed by atoms with Gasteiger partial charge in [-0.2, -0.15) is 0 Å². The molecule has 5 nitrogen and oxygen atoms in total. The Morgan fingerprint density at radius 1 is 1.42 bits per heavy atom. The Labute approximate surface area is 168 Å². The minimum atomic E-state index is -0.143. The lowest BCUT2D eigenvalue weighted by Gasteiger charge is -2.22. The van der Waals surface area contributed by atoms with Gasteiger partial charge in [0, 0.05) is 18.8 Å². The summed E-state index contributed by atoms with van der Waals surface area (Å²) in [6, 6.07) is 3.84. The van der Waals surface area contributed by atoms with E-state index in [1.807, 2.05) is 31.4 Å². The number of anilines is 2. The Morgan fingerprint density at radius 3 is 2.77 bits per heavy atom. The van der Waals surface area contributed by atoms with E-state index < -0.39 is 0 Å². The molecule has 0 radical (unpaired) electrons. The third-order valence-electron chi connectivity index (χ3n) is 3.50. The van der Waals surface area contributed by atoms with E-state index in [0.29, 0.717) is 34.0 Å². The van der Waals surface area contributed by atoms with Crippen molar-refractivity contribution in [3.8, 4) is 0 Å². The molecule has 8 heteroatoms. The lowest BCUT2D eigenvalue weighted by atomic mass is 10.1. The quantitative estimate of drug-likeness (QED) is 0.552. The molecule has 0 atom stereocenters. The molecule has 1 aromatic carbocycles. The number of halogens is 1. The van der Waals surface area contributed by atoms with Crippen molar-refractivity contribution in [1.29, 1.82) is 0 Å². The maximum atomic E-state index is 12.3. The molecule has 0 aliphatic carbocycles. The van der Waals surface area contributed by atoms with Crippen molar-refractivity contribution in [3.63, 3.8) is 0 Å². The van der Waals surface area contributed by atoms with Gasteiger partial charge in [-0.05, 0) is 43.3 Å². The van der Waals surface area contributed by atoms with Crippen molar-refractivity contribution < 1.29 is 4.79 Å². The van der Waals surface area contributed by atoms with E-state index in [1.54, 1.807) is 11.0 Å². The summed E-state index contributed by atoms with van der Waals surface area (Å²) in [5, 5.41) is 9.59. The summed E-state index contributed by atoms with van der Waals surface area (Å²) < 4.78 is 0. The Hall–Kier alpha value is -1.96. The fourth-order valence-electron chi connectivity index (χ4n) is 2.46. The number of carbonyl (C=O) groups is 1. The Bertz CT molecular complexity index is 811. The van der Waals surface area contributed by atoms with Gasteiger partial charge in [-0.25, -0.2) is 4.98 Å². The van der Waals surface area contributed by atoms with Crippen LogP contribution in [0.3, 0.4) is 0 Å². The van der Waals surface area contributed by atoms with Crippen molar-refractivity contribution in [2.24, 2.45) is 0 Å². The molecule has 1 aromatic heterocycles. The van der Waals surface area contributed by atoms with Gasteiger partial charge in [-0.15, -0.1) is 17.9 Å². The van der Waals surface area contributed by atoms with E-state index in [-0.39, 0.29) is 5.91 Å². The van der Waals surface area contributed by atoms with Crippen LogP contribution in [0, 0.1) is 13.8 Å². The maximum Gasteiger partial charge on any atom is 0.230 e. The smallest absolute Gasteiger partial charge is 0.230 e. The Morgan fingerprint density at radius 2 is 2.15 bits per heavy atom. The van der Waals surface area contributed by atoms with Gasteiger partial charge in [0.15, 0.2) is 10.2 Å². The fraction of sp³-hybridized carbons (Fsp3) is 0.278. The molecule has 1 amide bonds. The maximum absolute atomic E-state index is 12.3. The molecule has 0 aliphatic rings. The third-order valence-corrected chi connectivity index (χ3v) is 4.96. The minimum absolute atomic E-state index is 0.143. The number of aromatic nitrogens is 1. The van der Waals surface area contributed by atoms with Crippen LogP contribution in [0.15, 0.2) is 30.2 Å². The minimum Gasteiger partial charge on any atom is -0.359 e. The number of nitrogens with zero attached hydrogens (tertiary/aromatic N) is 2. The first kappa shape index (κ1) is 20.4. The molecule has 2 rings (SSSR count). The number of benzene rings is 1. The number of thiazole rings is 1. The molecule has 1 heterocycles. The van der Waals surface area contributed by atoms with Crippen LogP contribution in [0.5, 0.6) is 0 Å². The number of nitrogens with one attached hydrogen (secondary N) is 2. The lowest BCUT2D eigenvalue weighted by molar-refractivity contribution is -0.115. The summed E-state index contributed by atoms with van der Waals surface area (Å²) in [5.74, 6) is -0.143. The molecule has 0 spiro atoms. The molecule has 26 heavy (non-hydrogen) atoms. The normalized spacial score (nSPS) is 10.3. The van der Waals surface area contributed by atoms with E-state index in [0.717, 1.165) is 16.8 Å². The highest BCUT2D eigenvalue weighted by molar-refractivity contribution is 7.80. The summed E-state index contributed by atoms with van der Waals surface area (Å²) in [5.41, 5.74) is 3.43.